The summed E-state index contributed by atoms with van der Waals surface area (Å²) in [4.78, 5) is 0. The molecule has 7 heteroatoms. The van der Waals surface area contributed by atoms with E-state index >= 15 is 0 Å². The molecular weight excluding hydrogens is 271 g/mol. The van der Waals surface area contributed by atoms with Crippen LogP contribution < -0.4 is 0 Å². The summed E-state index contributed by atoms with van der Waals surface area (Å²) in [6, 6.07) is 4.42. The lowest BCUT2D eigenvalue weighted by atomic mass is 10.0. The van der Waals surface area contributed by atoms with E-state index in [9.17, 15) is 18.3 Å². The molecule has 0 spiro atoms. The first-order valence-electron chi connectivity index (χ1n) is 6.17. The van der Waals surface area contributed by atoms with E-state index in [-0.39, 0.29) is 0 Å². The Labute approximate surface area is 113 Å². The van der Waals surface area contributed by atoms with E-state index < -0.39 is 17.8 Å². The topological polar surface area (TPSA) is 50.9 Å². The van der Waals surface area contributed by atoms with E-state index in [1.807, 2.05) is 6.92 Å². The van der Waals surface area contributed by atoms with Gasteiger partial charge in [0.05, 0.1) is 17.5 Å². The second-order valence-electron chi connectivity index (χ2n) is 4.40. The Bertz CT molecular complexity index is 563. The van der Waals surface area contributed by atoms with Crippen molar-refractivity contribution in [1.29, 1.82) is 0 Å². The highest BCUT2D eigenvalue weighted by Gasteiger charge is 2.30. The van der Waals surface area contributed by atoms with E-state index in [1.165, 1.54) is 18.3 Å². The standard InChI is InChI=1S/C13H14F3N3O/c1-2-7-19-11(8-17-18-19)12(20)9-3-5-10(6-4-9)13(14,15)16/h3-6,8,12,20H,2,7H2,1H3. The molecule has 0 radical (unpaired) electrons. The molecule has 0 aliphatic heterocycles. The Morgan fingerprint density at radius 2 is 1.90 bits per heavy atom. The minimum Gasteiger partial charge on any atom is -0.382 e. The Balaban J connectivity index is 2.25. The highest BCUT2D eigenvalue weighted by molar-refractivity contribution is 5.29. The van der Waals surface area contributed by atoms with Crippen molar-refractivity contribution in [3.05, 3.63) is 47.3 Å². The van der Waals surface area contributed by atoms with Gasteiger partial charge >= 0.3 is 6.18 Å². The molecular formula is C13H14F3N3O. The molecule has 0 amide bonds. The third-order valence-electron chi connectivity index (χ3n) is 2.92. The van der Waals surface area contributed by atoms with Crippen LogP contribution in [0, 0.1) is 0 Å². The minimum absolute atomic E-state index is 0.373. The number of aliphatic hydroxyl groups is 1. The van der Waals surface area contributed by atoms with Gasteiger partial charge in [-0.25, -0.2) is 4.68 Å². The Hall–Kier alpha value is -1.89. The van der Waals surface area contributed by atoms with Crippen LogP contribution in [0.15, 0.2) is 30.5 Å². The summed E-state index contributed by atoms with van der Waals surface area (Å²) < 4.78 is 39.0. The van der Waals surface area contributed by atoms with Gasteiger partial charge in [-0.15, -0.1) is 5.10 Å². The monoisotopic (exact) mass is 285 g/mol. The summed E-state index contributed by atoms with van der Waals surface area (Å²) in [5, 5.41) is 17.8. The lowest BCUT2D eigenvalue weighted by Gasteiger charge is -2.13. The molecule has 1 aromatic carbocycles. The van der Waals surface area contributed by atoms with Crippen molar-refractivity contribution in [3.63, 3.8) is 0 Å². The highest BCUT2D eigenvalue weighted by atomic mass is 19.4. The molecule has 0 aliphatic rings. The second kappa shape index (κ2) is 5.62. The van der Waals surface area contributed by atoms with Crippen LogP contribution in [0.1, 0.15) is 36.3 Å². The average molecular weight is 285 g/mol. The van der Waals surface area contributed by atoms with Crippen molar-refractivity contribution in [3.8, 4) is 0 Å². The van der Waals surface area contributed by atoms with Crippen molar-refractivity contribution >= 4 is 0 Å². The zero-order valence-electron chi connectivity index (χ0n) is 10.8. The number of rotatable bonds is 4. The van der Waals surface area contributed by atoms with Gasteiger partial charge in [0.15, 0.2) is 0 Å². The molecule has 1 atom stereocenters. The Kier molecular flexibility index (Phi) is 4.08. The van der Waals surface area contributed by atoms with E-state index in [4.69, 9.17) is 0 Å². The summed E-state index contributed by atoms with van der Waals surface area (Å²) >= 11 is 0. The van der Waals surface area contributed by atoms with Gasteiger partial charge in [0.25, 0.3) is 0 Å². The lowest BCUT2D eigenvalue weighted by Crippen LogP contribution is -2.11. The number of benzene rings is 1. The van der Waals surface area contributed by atoms with Gasteiger partial charge in [0.1, 0.15) is 6.10 Å². The molecule has 2 aromatic rings. The molecule has 1 heterocycles. The SMILES string of the molecule is CCCn1nncc1C(O)c1ccc(C(F)(F)F)cc1. The summed E-state index contributed by atoms with van der Waals surface area (Å²) in [6.45, 7) is 2.54. The summed E-state index contributed by atoms with van der Waals surface area (Å²) in [5.41, 5.74) is 0.0953. The zero-order chi connectivity index (χ0) is 14.8. The number of hydrogen-bond donors (Lipinski definition) is 1. The first kappa shape index (κ1) is 14.5. The van der Waals surface area contributed by atoms with Crippen LogP contribution in [0.25, 0.3) is 0 Å². The van der Waals surface area contributed by atoms with Gasteiger partial charge in [-0.3, -0.25) is 0 Å². The summed E-state index contributed by atoms with van der Waals surface area (Å²) in [5.74, 6) is 0. The van der Waals surface area contributed by atoms with Crippen LogP contribution in [0.3, 0.4) is 0 Å². The number of nitrogens with zero attached hydrogens (tertiary/aromatic N) is 3. The average Bonchev–Trinajstić information content (AvgIpc) is 2.86. The summed E-state index contributed by atoms with van der Waals surface area (Å²) in [7, 11) is 0. The number of alkyl halides is 3. The fourth-order valence-corrected chi connectivity index (χ4v) is 1.89. The third-order valence-corrected chi connectivity index (χ3v) is 2.92. The van der Waals surface area contributed by atoms with Crippen LogP contribution in [-0.2, 0) is 12.7 Å². The number of halogens is 3. The normalized spacial score (nSPS) is 13.4. The van der Waals surface area contributed by atoms with Gasteiger partial charge in [-0.1, -0.05) is 24.3 Å². The van der Waals surface area contributed by atoms with Crippen molar-refractivity contribution in [2.75, 3.05) is 0 Å². The van der Waals surface area contributed by atoms with Crippen LogP contribution in [0.4, 0.5) is 13.2 Å². The quantitative estimate of drug-likeness (QED) is 0.939. The predicted molar refractivity (Wildman–Crippen MR) is 65.8 cm³/mol. The highest BCUT2D eigenvalue weighted by Crippen LogP contribution is 2.30. The number of aliphatic hydroxyl groups excluding tert-OH is 1. The summed E-state index contributed by atoms with van der Waals surface area (Å²) in [6.07, 6.45) is -3.19. The first-order chi connectivity index (χ1) is 9.43. The lowest BCUT2D eigenvalue weighted by molar-refractivity contribution is -0.137. The van der Waals surface area contributed by atoms with Gasteiger partial charge in [-0.05, 0) is 24.1 Å². The molecule has 0 fully saturated rings. The fraction of sp³-hybridized carbons (Fsp3) is 0.385. The molecule has 0 aliphatic carbocycles. The van der Waals surface area contributed by atoms with Gasteiger partial charge in [0.2, 0.25) is 0 Å². The van der Waals surface area contributed by atoms with Crippen molar-refractivity contribution in [1.82, 2.24) is 15.0 Å². The van der Waals surface area contributed by atoms with Gasteiger partial charge in [0, 0.05) is 6.54 Å². The maximum atomic E-state index is 12.5. The van der Waals surface area contributed by atoms with Crippen LogP contribution in [0.2, 0.25) is 0 Å². The third kappa shape index (κ3) is 2.98. The number of aromatic nitrogens is 3. The first-order valence-corrected chi connectivity index (χ1v) is 6.17. The van der Waals surface area contributed by atoms with E-state index in [0.717, 1.165) is 18.6 Å². The molecule has 0 saturated heterocycles. The maximum Gasteiger partial charge on any atom is 0.416 e. The van der Waals surface area contributed by atoms with Crippen molar-refractivity contribution in [2.45, 2.75) is 32.2 Å². The molecule has 108 valence electrons. The smallest absolute Gasteiger partial charge is 0.382 e. The molecule has 1 aromatic heterocycles. The largest absolute Gasteiger partial charge is 0.416 e. The Morgan fingerprint density at radius 1 is 1.25 bits per heavy atom. The van der Waals surface area contributed by atoms with Crippen LogP contribution in [-0.4, -0.2) is 20.1 Å². The second-order valence-corrected chi connectivity index (χ2v) is 4.40. The number of aryl methyl sites for hydroxylation is 1. The maximum absolute atomic E-state index is 12.5. The molecule has 0 saturated carbocycles. The minimum atomic E-state index is -4.38. The molecule has 20 heavy (non-hydrogen) atoms. The molecule has 0 bridgehead atoms. The van der Waals surface area contributed by atoms with Crippen LogP contribution in [0.5, 0.6) is 0 Å². The molecule has 4 nitrogen and oxygen atoms in total. The molecule has 1 N–H and O–H groups in total. The number of hydrogen-bond acceptors (Lipinski definition) is 3. The zero-order valence-corrected chi connectivity index (χ0v) is 10.8. The van der Waals surface area contributed by atoms with Crippen molar-refractivity contribution in [2.24, 2.45) is 0 Å². The fourth-order valence-electron chi connectivity index (χ4n) is 1.89. The molecule has 1 unspecified atom stereocenters. The van der Waals surface area contributed by atoms with E-state index in [0.29, 0.717) is 17.8 Å². The van der Waals surface area contributed by atoms with E-state index in [1.54, 1.807) is 4.68 Å². The Morgan fingerprint density at radius 3 is 2.45 bits per heavy atom. The molecule has 2 rings (SSSR count). The van der Waals surface area contributed by atoms with Gasteiger partial charge < -0.3 is 5.11 Å². The van der Waals surface area contributed by atoms with Crippen molar-refractivity contribution < 1.29 is 18.3 Å². The van der Waals surface area contributed by atoms with Crippen LogP contribution >= 0.6 is 0 Å². The van der Waals surface area contributed by atoms with Gasteiger partial charge in [-0.2, -0.15) is 13.2 Å². The predicted octanol–water partition coefficient (Wildman–Crippen LogP) is 2.79. The van der Waals surface area contributed by atoms with E-state index in [2.05, 4.69) is 10.3 Å².